The van der Waals surface area contributed by atoms with Crippen LogP contribution in [-0.4, -0.2) is 14.5 Å². The Morgan fingerprint density at radius 3 is 3.06 bits per heavy atom. The molecule has 0 saturated carbocycles. The summed E-state index contributed by atoms with van der Waals surface area (Å²) < 4.78 is 1.89. The summed E-state index contributed by atoms with van der Waals surface area (Å²) in [6, 6.07) is 11.5. The second kappa shape index (κ2) is 4.18. The topological polar surface area (TPSA) is 30.7 Å². The molecule has 0 spiro atoms. The lowest BCUT2D eigenvalue weighted by atomic mass is 10.2. The number of fused-ring (bicyclic) bond motifs is 1. The molecule has 0 saturated heterocycles. The third-order valence-electron chi connectivity index (χ3n) is 2.54. The average Bonchev–Trinajstić information content (AvgIpc) is 2.73. The van der Waals surface area contributed by atoms with E-state index >= 15 is 0 Å². The molecule has 0 aliphatic heterocycles. The maximum atomic E-state index is 5.95. The van der Waals surface area contributed by atoms with Crippen molar-refractivity contribution in [3.05, 3.63) is 59.5 Å². The maximum absolute atomic E-state index is 5.95. The van der Waals surface area contributed by atoms with Gasteiger partial charge in [-0.2, -0.15) is 0 Å². The van der Waals surface area contributed by atoms with Gasteiger partial charge in [0.05, 0.1) is 6.54 Å². The highest BCUT2D eigenvalue weighted by Crippen LogP contribution is 2.14. The molecule has 0 N–H and O–H groups in total. The maximum Gasteiger partial charge on any atom is 0.179 e. The van der Waals surface area contributed by atoms with Crippen molar-refractivity contribution in [1.82, 2.24) is 14.5 Å². The summed E-state index contributed by atoms with van der Waals surface area (Å²) in [5, 5.41) is 0.736. The average molecular weight is 243 g/mol. The van der Waals surface area contributed by atoms with Gasteiger partial charge in [-0.25, -0.2) is 9.97 Å². The van der Waals surface area contributed by atoms with Crippen LogP contribution < -0.4 is 0 Å². The second-order valence-electron chi connectivity index (χ2n) is 3.77. The van der Waals surface area contributed by atoms with Gasteiger partial charge in [0.1, 0.15) is 5.52 Å². The lowest BCUT2D eigenvalue weighted by Crippen LogP contribution is -1.99. The molecule has 0 aliphatic rings. The van der Waals surface area contributed by atoms with Gasteiger partial charge in [-0.05, 0) is 29.8 Å². The van der Waals surface area contributed by atoms with Crippen molar-refractivity contribution in [2.75, 3.05) is 0 Å². The Balaban J connectivity index is 2.00. The Labute approximate surface area is 104 Å². The molecule has 0 atom stereocenters. The highest BCUT2D eigenvalue weighted by molar-refractivity contribution is 6.30. The van der Waals surface area contributed by atoms with Gasteiger partial charge < -0.3 is 4.57 Å². The van der Waals surface area contributed by atoms with E-state index in [4.69, 9.17) is 11.6 Å². The number of imidazole rings is 1. The summed E-state index contributed by atoms with van der Waals surface area (Å²) in [4.78, 5) is 8.48. The first kappa shape index (κ1) is 10.3. The number of aromatic nitrogens is 3. The molecule has 2 heterocycles. The number of nitrogens with zero attached hydrogens (tertiary/aromatic N) is 3. The van der Waals surface area contributed by atoms with Gasteiger partial charge in [-0.1, -0.05) is 23.7 Å². The summed E-state index contributed by atoms with van der Waals surface area (Å²) in [6.07, 6.45) is 4.70. The molecule has 4 heteroatoms. The molecule has 0 unspecified atom stereocenters. The first-order chi connectivity index (χ1) is 8.33. The lowest BCUT2D eigenvalue weighted by Gasteiger charge is -2.03. The number of pyridine rings is 1. The second-order valence-corrected chi connectivity index (χ2v) is 4.21. The molecule has 0 fully saturated rings. The van der Waals surface area contributed by atoms with E-state index in [0.717, 1.165) is 21.7 Å². The Kier molecular flexibility index (Phi) is 2.53. The number of benzene rings is 1. The number of rotatable bonds is 2. The van der Waals surface area contributed by atoms with Gasteiger partial charge in [0.15, 0.2) is 12.0 Å². The Hall–Kier alpha value is -1.87. The van der Waals surface area contributed by atoms with Crippen LogP contribution in [0.4, 0.5) is 0 Å². The minimum absolute atomic E-state index is 0.675. The Morgan fingerprint density at radius 1 is 1.24 bits per heavy atom. The highest BCUT2D eigenvalue weighted by atomic mass is 35.5. The molecule has 3 aromatic rings. The fourth-order valence-electron chi connectivity index (χ4n) is 1.77. The molecule has 0 amide bonds. The van der Waals surface area contributed by atoms with E-state index < -0.39 is 0 Å². The van der Waals surface area contributed by atoms with Gasteiger partial charge in [-0.15, -0.1) is 0 Å². The quantitative estimate of drug-likeness (QED) is 0.692. The fourth-order valence-corrected chi connectivity index (χ4v) is 1.99. The van der Waals surface area contributed by atoms with Gasteiger partial charge in [0.2, 0.25) is 0 Å². The zero-order valence-electron chi connectivity index (χ0n) is 8.97. The predicted molar refractivity (Wildman–Crippen MR) is 66.9 cm³/mol. The number of hydrogen-bond acceptors (Lipinski definition) is 2. The number of halogens is 1. The molecule has 2 aromatic heterocycles. The van der Waals surface area contributed by atoms with E-state index in [1.165, 1.54) is 0 Å². The van der Waals surface area contributed by atoms with Crippen molar-refractivity contribution in [3.8, 4) is 0 Å². The van der Waals surface area contributed by atoms with Crippen LogP contribution in [0.2, 0.25) is 5.02 Å². The van der Waals surface area contributed by atoms with Gasteiger partial charge in [0, 0.05) is 11.2 Å². The first-order valence-electron chi connectivity index (χ1n) is 5.26. The third-order valence-corrected chi connectivity index (χ3v) is 2.78. The molecule has 1 radical (unpaired) electrons. The lowest BCUT2D eigenvalue weighted by molar-refractivity contribution is 0.806. The Morgan fingerprint density at radius 2 is 2.18 bits per heavy atom. The zero-order chi connectivity index (χ0) is 11.7. The molecule has 3 nitrogen and oxygen atoms in total. The van der Waals surface area contributed by atoms with Crippen LogP contribution in [-0.2, 0) is 6.54 Å². The predicted octanol–water partition coefficient (Wildman–Crippen LogP) is 2.93. The smallest absolute Gasteiger partial charge is 0.179 e. The standard InChI is InChI=1S/C13H9ClN3/c14-11-4-1-3-10(7-11)8-17-9-16-12-5-2-6-15-13(12)17/h1-7H,8H2. The van der Waals surface area contributed by atoms with Crippen LogP contribution in [0.1, 0.15) is 5.56 Å². The minimum Gasteiger partial charge on any atom is -0.302 e. The minimum atomic E-state index is 0.675. The molecule has 17 heavy (non-hydrogen) atoms. The largest absolute Gasteiger partial charge is 0.302 e. The summed E-state index contributed by atoms with van der Waals surface area (Å²) in [6.45, 7) is 0.675. The van der Waals surface area contributed by atoms with Crippen molar-refractivity contribution in [1.29, 1.82) is 0 Å². The molecule has 1 aromatic carbocycles. The highest BCUT2D eigenvalue weighted by Gasteiger charge is 2.04. The molecule has 0 bridgehead atoms. The third kappa shape index (κ3) is 2.01. The van der Waals surface area contributed by atoms with Crippen LogP contribution >= 0.6 is 11.6 Å². The van der Waals surface area contributed by atoms with E-state index in [0.29, 0.717) is 6.54 Å². The van der Waals surface area contributed by atoms with Crippen LogP contribution in [0.25, 0.3) is 11.2 Å². The van der Waals surface area contributed by atoms with Crippen molar-refractivity contribution in [2.24, 2.45) is 0 Å². The van der Waals surface area contributed by atoms with E-state index in [2.05, 4.69) is 16.3 Å². The van der Waals surface area contributed by atoms with Crippen LogP contribution in [0, 0.1) is 6.33 Å². The molecule has 0 aliphatic carbocycles. The molecule has 3 rings (SSSR count). The van der Waals surface area contributed by atoms with Crippen molar-refractivity contribution in [2.45, 2.75) is 6.54 Å². The SMILES string of the molecule is Clc1cccc(Cn2[c]nc3cccnc32)c1. The summed E-state index contributed by atoms with van der Waals surface area (Å²) in [5.74, 6) is 0. The van der Waals surface area contributed by atoms with Crippen molar-refractivity contribution in [3.63, 3.8) is 0 Å². The van der Waals surface area contributed by atoms with Crippen LogP contribution in [0.3, 0.4) is 0 Å². The van der Waals surface area contributed by atoms with Gasteiger partial charge in [0.25, 0.3) is 0 Å². The van der Waals surface area contributed by atoms with E-state index in [1.54, 1.807) is 6.20 Å². The van der Waals surface area contributed by atoms with Crippen molar-refractivity contribution >= 4 is 22.8 Å². The van der Waals surface area contributed by atoms with Gasteiger partial charge >= 0.3 is 0 Å². The monoisotopic (exact) mass is 242 g/mol. The van der Waals surface area contributed by atoms with Crippen LogP contribution in [0.15, 0.2) is 42.6 Å². The van der Waals surface area contributed by atoms with E-state index in [-0.39, 0.29) is 0 Å². The Bertz CT molecular complexity index is 660. The zero-order valence-corrected chi connectivity index (χ0v) is 9.72. The molecular weight excluding hydrogens is 234 g/mol. The first-order valence-corrected chi connectivity index (χ1v) is 5.64. The van der Waals surface area contributed by atoms with Crippen LogP contribution in [0.5, 0.6) is 0 Å². The molecule has 83 valence electrons. The summed E-state index contributed by atoms with van der Waals surface area (Å²) in [5.41, 5.74) is 2.81. The van der Waals surface area contributed by atoms with E-state index in [1.807, 2.05) is 41.0 Å². The normalized spacial score (nSPS) is 10.9. The van der Waals surface area contributed by atoms with Gasteiger partial charge in [-0.3, -0.25) is 0 Å². The fraction of sp³-hybridized carbons (Fsp3) is 0.0769. The molecular formula is C13H9ClN3. The van der Waals surface area contributed by atoms with Crippen molar-refractivity contribution < 1.29 is 0 Å². The summed E-state index contributed by atoms with van der Waals surface area (Å²) in [7, 11) is 0. The van der Waals surface area contributed by atoms with E-state index in [9.17, 15) is 0 Å². The summed E-state index contributed by atoms with van der Waals surface area (Å²) >= 11 is 5.95. The number of hydrogen-bond donors (Lipinski definition) is 0.